The summed E-state index contributed by atoms with van der Waals surface area (Å²) in [5, 5.41) is 0.523. The van der Waals surface area contributed by atoms with Gasteiger partial charge in [0.1, 0.15) is 0 Å². The molecular weight excluding hydrogens is 293 g/mol. The molecule has 2 rings (SSSR count). The summed E-state index contributed by atoms with van der Waals surface area (Å²) < 4.78 is 0. The summed E-state index contributed by atoms with van der Waals surface area (Å²) in [5.41, 5.74) is 0.446. The van der Waals surface area contributed by atoms with Crippen LogP contribution in [-0.2, 0) is 9.59 Å². The number of halogens is 2. The number of rotatable bonds is 3. The number of carbonyl (C=O) groups is 2. The van der Waals surface area contributed by atoms with Crippen molar-refractivity contribution in [2.24, 2.45) is 0 Å². The third kappa shape index (κ3) is 2.66. The monoisotopic (exact) mass is 303 g/mol. The molecule has 1 aromatic rings. The molecule has 1 atom stereocenters. The van der Waals surface area contributed by atoms with Crippen molar-refractivity contribution in [1.82, 2.24) is 0 Å². The van der Waals surface area contributed by atoms with Gasteiger partial charge in [-0.25, -0.2) is 4.90 Å². The van der Waals surface area contributed by atoms with Crippen molar-refractivity contribution in [3.05, 3.63) is 28.2 Å². The van der Waals surface area contributed by atoms with Crippen LogP contribution in [0.2, 0.25) is 10.0 Å². The molecule has 1 aliphatic rings. The average molecular weight is 304 g/mol. The Labute approximate surface area is 119 Å². The lowest BCUT2D eigenvalue weighted by atomic mass is 10.3. The lowest BCUT2D eigenvalue weighted by Crippen LogP contribution is -2.31. The molecule has 1 heterocycles. The van der Waals surface area contributed by atoms with E-state index in [2.05, 4.69) is 0 Å². The Morgan fingerprint density at radius 2 is 1.89 bits per heavy atom. The summed E-state index contributed by atoms with van der Waals surface area (Å²) in [5.74, 6) is 0.405. The van der Waals surface area contributed by atoms with E-state index in [1.165, 1.54) is 16.7 Å². The van der Waals surface area contributed by atoms with Crippen LogP contribution in [0.1, 0.15) is 13.3 Å². The minimum Gasteiger partial charge on any atom is -0.274 e. The maximum absolute atomic E-state index is 12.1. The van der Waals surface area contributed by atoms with Crippen LogP contribution in [0.4, 0.5) is 5.69 Å². The second-order valence-electron chi connectivity index (χ2n) is 3.84. The molecule has 0 aromatic heterocycles. The van der Waals surface area contributed by atoms with Gasteiger partial charge in [0.15, 0.2) is 0 Å². The van der Waals surface area contributed by atoms with Gasteiger partial charge >= 0.3 is 0 Å². The zero-order valence-corrected chi connectivity index (χ0v) is 12.0. The first-order chi connectivity index (χ1) is 8.52. The van der Waals surface area contributed by atoms with Crippen LogP contribution in [-0.4, -0.2) is 22.8 Å². The number of hydrogen-bond acceptors (Lipinski definition) is 3. The highest BCUT2D eigenvalue weighted by molar-refractivity contribution is 8.00. The number of nitrogens with zero attached hydrogens (tertiary/aromatic N) is 1. The number of amides is 2. The van der Waals surface area contributed by atoms with Gasteiger partial charge in [0, 0.05) is 16.5 Å². The molecule has 1 saturated heterocycles. The lowest BCUT2D eigenvalue weighted by Gasteiger charge is -2.15. The van der Waals surface area contributed by atoms with Crippen LogP contribution in [0.5, 0.6) is 0 Å². The molecule has 0 radical (unpaired) electrons. The molecule has 1 aliphatic heterocycles. The predicted octanol–water partition coefficient (Wildman–Crippen LogP) is 3.38. The van der Waals surface area contributed by atoms with Crippen molar-refractivity contribution in [2.75, 3.05) is 10.7 Å². The number of imide groups is 1. The van der Waals surface area contributed by atoms with Crippen molar-refractivity contribution in [3.8, 4) is 0 Å². The predicted molar refractivity (Wildman–Crippen MR) is 75.5 cm³/mol. The van der Waals surface area contributed by atoms with Gasteiger partial charge < -0.3 is 0 Å². The Morgan fingerprint density at radius 3 is 2.44 bits per heavy atom. The number of hydrogen-bond donors (Lipinski definition) is 0. The molecular formula is C12H11Cl2NO2S. The van der Waals surface area contributed by atoms with E-state index in [0.717, 1.165) is 5.75 Å². The van der Waals surface area contributed by atoms with E-state index in [1.807, 2.05) is 6.92 Å². The van der Waals surface area contributed by atoms with Crippen molar-refractivity contribution < 1.29 is 9.59 Å². The van der Waals surface area contributed by atoms with Crippen LogP contribution in [0.25, 0.3) is 0 Å². The average Bonchev–Trinajstić information content (AvgIpc) is 2.53. The molecule has 2 amide bonds. The largest absolute Gasteiger partial charge is 0.274 e. The standard InChI is InChI=1S/C12H11Cl2NO2S/c1-2-18-10-6-11(16)15(12(10)17)9-4-7(13)3-8(14)5-9/h3-5,10H,2,6H2,1H3. The second kappa shape index (κ2) is 5.51. The molecule has 0 saturated carbocycles. The molecule has 18 heavy (non-hydrogen) atoms. The Morgan fingerprint density at radius 1 is 1.28 bits per heavy atom. The normalized spacial score (nSPS) is 19.7. The third-order valence-corrected chi connectivity index (χ3v) is 4.12. The van der Waals surface area contributed by atoms with Crippen molar-refractivity contribution in [3.63, 3.8) is 0 Å². The first-order valence-electron chi connectivity index (χ1n) is 5.47. The fraction of sp³-hybridized carbons (Fsp3) is 0.333. The topological polar surface area (TPSA) is 37.4 Å². The molecule has 1 aromatic carbocycles. The van der Waals surface area contributed by atoms with Gasteiger partial charge in [-0.3, -0.25) is 9.59 Å². The summed E-state index contributed by atoms with van der Waals surface area (Å²) in [4.78, 5) is 25.2. The van der Waals surface area contributed by atoms with E-state index in [4.69, 9.17) is 23.2 Å². The van der Waals surface area contributed by atoms with Gasteiger partial charge in [-0.2, -0.15) is 0 Å². The first-order valence-corrected chi connectivity index (χ1v) is 7.28. The second-order valence-corrected chi connectivity index (χ2v) is 6.20. The Balaban J connectivity index is 2.32. The molecule has 0 aliphatic carbocycles. The summed E-state index contributed by atoms with van der Waals surface area (Å²) in [6, 6.07) is 4.71. The molecule has 3 nitrogen and oxygen atoms in total. The smallest absolute Gasteiger partial charge is 0.247 e. The fourth-order valence-corrected chi connectivity index (χ4v) is 3.30. The highest BCUT2D eigenvalue weighted by Crippen LogP contribution is 2.32. The Hall–Kier alpha value is -0.710. The molecule has 0 spiro atoms. The Kier molecular flexibility index (Phi) is 4.20. The van der Waals surface area contributed by atoms with Crippen LogP contribution >= 0.6 is 35.0 Å². The highest BCUT2D eigenvalue weighted by Gasteiger charge is 2.39. The van der Waals surface area contributed by atoms with Gasteiger partial charge in [0.2, 0.25) is 11.8 Å². The maximum atomic E-state index is 12.1. The molecule has 0 N–H and O–H groups in total. The summed E-state index contributed by atoms with van der Waals surface area (Å²) in [7, 11) is 0. The van der Waals surface area contributed by atoms with Gasteiger partial charge in [0.05, 0.1) is 10.9 Å². The quantitative estimate of drug-likeness (QED) is 0.803. The number of anilines is 1. The van der Waals surface area contributed by atoms with Gasteiger partial charge in [0.25, 0.3) is 0 Å². The van der Waals surface area contributed by atoms with Crippen LogP contribution in [0.3, 0.4) is 0 Å². The van der Waals surface area contributed by atoms with Crippen molar-refractivity contribution in [1.29, 1.82) is 0 Å². The molecule has 6 heteroatoms. The highest BCUT2D eigenvalue weighted by atomic mass is 35.5. The third-order valence-electron chi connectivity index (χ3n) is 2.58. The van der Waals surface area contributed by atoms with E-state index in [9.17, 15) is 9.59 Å². The minimum atomic E-state index is -0.291. The summed E-state index contributed by atoms with van der Waals surface area (Å²) in [6.45, 7) is 1.96. The van der Waals surface area contributed by atoms with Crippen LogP contribution in [0, 0.1) is 0 Å². The first kappa shape index (κ1) is 13.7. The summed E-state index contributed by atoms with van der Waals surface area (Å²) >= 11 is 13.2. The van der Waals surface area contributed by atoms with Gasteiger partial charge in [-0.05, 0) is 24.0 Å². The summed E-state index contributed by atoms with van der Waals surface area (Å²) in [6.07, 6.45) is 0.238. The van der Waals surface area contributed by atoms with Crippen LogP contribution < -0.4 is 4.90 Å². The van der Waals surface area contributed by atoms with Gasteiger partial charge in [-0.15, -0.1) is 11.8 Å². The van der Waals surface area contributed by atoms with Crippen LogP contribution in [0.15, 0.2) is 18.2 Å². The number of benzene rings is 1. The van der Waals surface area contributed by atoms with E-state index in [-0.39, 0.29) is 23.5 Å². The number of carbonyl (C=O) groups excluding carboxylic acids is 2. The van der Waals surface area contributed by atoms with E-state index in [0.29, 0.717) is 15.7 Å². The molecule has 0 bridgehead atoms. The zero-order valence-electron chi connectivity index (χ0n) is 9.65. The molecule has 1 fully saturated rings. The van der Waals surface area contributed by atoms with E-state index < -0.39 is 0 Å². The zero-order chi connectivity index (χ0) is 13.3. The Bertz CT molecular complexity index is 487. The van der Waals surface area contributed by atoms with E-state index >= 15 is 0 Å². The minimum absolute atomic E-state index is 0.190. The maximum Gasteiger partial charge on any atom is 0.247 e. The molecule has 1 unspecified atom stereocenters. The number of thioether (sulfide) groups is 1. The van der Waals surface area contributed by atoms with E-state index in [1.54, 1.807) is 18.2 Å². The van der Waals surface area contributed by atoms with Gasteiger partial charge in [-0.1, -0.05) is 30.1 Å². The SMILES string of the molecule is CCSC1CC(=O)N(c2cc(Cl)cc(Cl)c2)C1=O. The fourth-order valence-electron chi connectivity index (χ4n) is 1.88. The van der Waals surface area contributed by atoms with Crippen molar-refractivity contribution in [2.45, 2.75) is 18.6 Å². The molecule has 96 valence electrons. The van der Waals surface area contributed by atoms with Crippen molar-refractivity contribution >= 4 is 52.5 Å². The lowest BCUT2D eigenvalue weighted by molar-refractivity contribution is -0.121.